The molecule has 2 N–H and O–H groups in total. The summed E-state index contributed by atoms with van der Waals surface area (Å²) in [5.74, 6) is 0. The van der Waals surface area contributed by atoms with Crippen molar-refractivity contribution in [2.75, 3.05) is 0 Å². The van der Waals surface area contributed by atoms with Crippen molar-refractivity contribution in [1.82, 2.24) is 4.98 Å². The highest BCUT2D eigenvalue weighted by Crippen LogP contribution is 2.33. The fraction of sp³-hybridized carbons (Fsp3) is 0.214. The number of nitrogens with two attached hydrogens (primary N) is 1. The Balaban J connectivity index is 2.15. The molecule has 100 valence electrons. The van der Waals surface area contributed by atoms with Crippen LogP contribution >= 0.6 is 43.6 Å². The summed E-state index contributed by atoms with van der Waals surface area (Å²) in [6, 6.07) is 10.5. The zero-order valence-corrected chi connectivity index (χ0v) is 14.4. The Morgan fingerprint density at radius 2 is 2.05 bits per heavy atom. The largest absolute Gasteiger partial charge is 0.328 e. The van der Waals surface area contributed by atoms with Crippen molar-refractivity contribution in [3.63, 3.8) is 0 Å². The van der Waals surface area contributed by atoms with Crippen LogP contribution in [0.5, 0.6) is 0 Å². The topological polar surface area (TPSA) is 38.9 Å². The number of rotatable bonds is 4. The Kier molecular flexibility index (Phi) is 5.45. The minimum Gasteiger partial charge on any atom is -0.328 e. The van der Waals surface area contributed by atoms with E-state index in [0.717, 1.165) is 25.3 Å². The number of halogens is 2. The van der Waals surface area contributed by atoms with Gasteiger partial charge in [0.1, 0.15) is 5.03 Å². The van der Waals surface area contributed by atoms with Crippen LogP contribution in [-0.2, 0) is 6.42 Å². The molecule has 0 saturated carbocycles. The van der Waals surface area contributed by atoms with Crippen LogP contribution in [0.15, 0.2) is 55.4 Å². The van der Waals surface area contributed by atoms with E-state index >= 15 is 0 Å². The van der Waals surface area contributed by atoms with Gasteiger partial charge in [-0.1, -0.05) is 17.8 Å². The first-order valence-corrected chi connectivity index (χ1v) is 8.28. The Morgan fingerprint density at radius 3 is 2.63 bits per heavy atom. The molecule has 1 aromatic carbocycles. The van der Waals surface area contributed by atoms with Crippen molar-refractivity contribution in [3.8, 4) is 0 Å². The molecule has 19 heavy (non-hydrogen) atoms. The van der Waals surface area contributed by atoms with Crippen molar-refractivity contribution in [2.45, 2.75) is 29.3 Å². The van der Waals surface area contributed by atoms with Crippen LogP contribution in [0.4, 0.5) is 0 Å². The molecular formula is C14H14Br2N2S. The van der Waals surface area contributed by atoms with Crippen molar-refractivity contribution in [2.24, 2.45) is 5.73 Å². The zero-order chi connectivity index (χ0) is 13.8. The minimum atomic E-state index is 0.179. The highest BCUT2D eigenvalue weighted by Gasteiger charge is 2.06. The summed E-state index contributed by atoms with van der Waals surface area (Å²) >= 11 is 8.64. The molecule has 1 unspecified atom stereocenters. The number of hydrogen-bond acceptors (Lipinski definition) is 3. The SMILES string of the molecule is CC(N)Cc1ccc(Sc2ccc(Br)cn2)c(Br)c1. The fourth-order valence-electron chi connectivity index (χ4n) is 1.66. The van der Waals surface area contributed by atoms with Gasteiger partial charge in [-0.2, -0.15) is 0 Å². The van der Waals surface area contributed by atoms with Crippen LogP contribution in [0.3, 0.4) is 0 Å². The van der Waals surface area contributed by atoms with Gasteiger partial charge in [-0.05, 0) is 75.0 Å². The molecule has 0 aliphatic heterocycles. The Hall–Kier alpha value is -0.360. The Morgan fingerprint density at radius 1 is 1.26 bits per heavy atom. The van der Waals surface area contributed by atoms with Crippen LogP contribution in [0.2, 0.25) is 0 Å². The first kappa shape index (κ1) is 15.0. The van der Waals surface area contributed by atoms with E-state index in [-0.39, 0.29) is 6.04 Å². The lowest BCUT2D eigenvalue weighted by Crippen LogP contribution is -2.17. The molecule has 5 heteroatoms. The van der Waals surface area contributed by atoms with Crippen LogP contribution in [0.1, 0.15) is 12.5 Å². The average molecular weight is 402 g/mol. The molecule has 1 heterocycles. The Labute approximate surface area is 134 Å². The van der Waals surface area contributed by atoms with E-state index in [4.69, 9.17) is 5.73 Å². The highest BCUT2D eigenvalue weighted by atomic mass is 79.9. The molecule has 1 atom stereocenters. The van der Waals surface area contributed by atoms with E-state index in [2.05, 4.69) is 55.0 Å². The molecule has 0 saturated heterocycles. The molecular weight excluding hydrogens is 388 g/mol. The lowest BCUT2D eigenvalue weighted by atomic mass is 10.1. The lowest BCUT2D eigenvalue weighted by Gasteiger charge is -2.09. The third-order valence-electron chi connectivity index (χ3n) is 2.47. The molecule has 0 amide bonds. The first-order valence-electron chi connectivity index (χ1n) is 5.88. The van der Waals surface area contributed by atoms with Gasteiger partial charge in [0, 0.05) is 26.1 Å². The maximum Gasteiger partial charge on any atom is 0.101 e. The maximum absolute atomic E-state index is 5.82. The predicted octanol–water partition coefficient (Wildman–Crippen LogP) is 4.65. The van der Waals surface area contributed by atoms with Gasteiger partial charge in [-0.25, -0.2) is 4.98 Å². The van der Waals surface area contributed by atoms with Crippen molar-refractivity contribution in [3.05, 3.63) is 51.0 Å². The van der Waals surface area contributed by atoms with Crippen LogP contribution in [0.25, 0.3) is 0 Å². The lowest BCUT2D eigenvalue weighted by molar-refractivity contribution is 0.737. The predicted molar refractivity (Wildman–Crippen MR) is 87.6 cm³/mol. The van der Waals surface area contributed by atoms with Crippen LogP contribution < -0.4 is 5.73 Å². The normalized spacial score (nSPS) is 12.4. The van der Waals surface area contributed by atoms with Gasteiger partial charge in [-0.15, -0.1) is 0 Å². The molecule has 0 spiro atoms. The molecule has 2 nitrogen and oxygen atoms in total. The van der Waals surface area contributed by atoms with Gasteiger partial charge in [-0.3, -0.25) is 0 Å². The van der Waals surface area contributed by atoms with Gasteiger partial charge >= 0.3 is 0 Å². The summed E-state index contributed by atoms with van der Waals surface area (Å²) in [6.07, 6.45) is 2.70. The van der Waals surface area contributed by atoms with Gasteiger partial charge in [0.05, 0.1) is 0 Å². The fourth-order valence-corrected chi connectivity index (χ4v) is 3.32. The minimum absolute atomic E-state index is 0.179. The molecule has 1 aromatic heterocycles. The molecule has 2 rings (SSSR count). The van der Waals surface area contributed by atoms with E-state index in [9.17, 15) is 0 Å². The van der Waals surface area contributed by atoms with Crippen LogP contribution in [-0.4, -0.2) is 11.0 Å². The molecule has 0 aliphatic rings. The van der Waals surface area contributed by atoms with Crippen molar-refractivity contribution < 1.29 is 0 Å². The summed E-state index contributed by atoms with van der Waals surface area (Å²) in [6.45, 7) is 2.02. The average Bonchev–Trinajstić information content (AvgIpc) is 2.34. The second kappa shape index (κ2) is 6.88. The van der Waals surface area contributed by atoms with Crippen LogP contribution in [0, 0.1) is 0 Å². The summed E-state index contributed by atoms with van der Waals surface area (Å²) in [7, 11) is 0. The van der Waals surface area contributed by atoms with E-state index in [1.807, 2.05) is 19.1 Å². The van der Waals surface area contributed by atoms with Gasteiger partial charge in [0.25, 0.3) is 0 Å². The summed E-state index contributed by atoms with van der Waals surface area (Å²) < 4.78 is 2.07. The first-order chi connectivity index (χ1) is 9.04. The number of nitrogens with zero attached hydrogens (tertiary/aromatic N) is 1. The van der Waals surface area contributed by atoms with E-state index in [1.54, 1.807) is 18.0 Å². The van der Waals surface area contributed by atoms with E-state index < -0.39 is 0 Å². The standard InChI is InChI=1S/C14H14Br2N2S/c1-9(17)6-10-2-4-13(12(16)7-10)19-14-5-3-11(15)8-18-14/h2-5,7-9H,6,17H2,1H3. The smallest absolute Gasteiger partial charge is 0.101 e. The number of aromatic nitrogens is 1. The number of pyridine rings is 1. The number of benzene rings is 1. The second-order valence-electron chi connectivity index (χ2n) is 4.36. The van der Waals surface area contributed by atoms with Gasteiger partial charge in [0.15, 0.2) is 0 Å². The second-order valence-corrected chi connectivity index (χ2v) is 7.20. The molecule has 0 fully saturated rings. The Bertz CT molecular complexity index is 556. The third kappa shape index (κ3) is 4.60. The summed E-state index contributed by atoms with van der Waals surface area (Å²) in [5.41, 5.74) is 7.06. The van der Waals surface area contributed by atoms with E-state index in [0.29, 0.717) is 0 Å². The molecule has 0 aliphatic carbocycles. The third-order valence-corrected chi connectivity index (χ3v) is 4.88. The van der Waals surface area contributed by atoms with Crippen molar-refractivity contribution >= 4 is 43.6 Å². The quantitative estimate of drug-likeness (QED) is 0.810. The summed E-state index contributed by atoms with van der Waals surface area (Å²) in [5, 5.41) is 0.976. The van der Waals surface area contributed by atoms with Gasteiger partial charge in [0.2, 0.25) is 0 Å². The molecule has 2 aromatic rings. The molecule has 0 bridgehead atoms. The highest BCUT2D eigenvalue weighted by molar-refractivity contribution is 9.10. The van der Waals surface area contributed by atoms with Crippen molar-refractivity contribution in [1.29, 1.82) is 0 Å². The number of hydrogen-bond donors (Lipinski definition) is 1. The molecule has 0 radical (unpaired) electrons. The monoisotopic (exact) mass is 400 g/mol. The zero-order valence-electron chi connectivity index (χ0n) is 10.4. The summed E-state index contributed by atoms with van der Waals surface area (Å²) in [4.78, 5) is 5.52. The van der Waals surface area contributed by atoms with Gasteiger partial charge < -0.3 is 5.73 Å². The van der Waals surface area contributed by atoms with E-state index in [1.165, 1.54) is 5.56 Å². The maximum atomic E-state index is 5.82.